The molecular formula is C16H16FN3O2. The summed E-state index contributed by atoms with van der Waals surface area (Å²) in [6, 6.07) is 7.48. The molecule has 2 rings (SSSR count). The highest BCUT2D eigenvalue weighted by Gasteiger charge is 2.11. The first-order valence-electron chi connectivity index (χ1n) is 6.81. The fourth-order valence-corrected chi connectivity index (χ4v) is 1.84. The molecule has 0 aliphatic carbocycles. The summed E-state index contributed by atoms with van der Waals surface area (Å²) in [5, 5.41) is 5.22. The maximum absolute atomic E-state index is 13.4. The van der Waals surface area contributed by atoms with Crippen molar-refractivity contribution in [2.24, 2.45) is 0 Å². The van der Waals surface area contributed by atoms with Crippen LogP contribution in [0.25, 0.3) is 0 Å². The number of hydrogen-bond donors (Lipinski definition) is 2. The Morgan fingerprint density at radius 2 is 2.00 bits per heavy atom. The Kier molecular flexibility index (Phi) is 5.19. The molecule has 5 nitrogen and oxygen atoms in total. The first-order valence-corrected chi connectivity index (χ1v) is 6.81. The molecule has 0 spiro atoms. The van der Waals surface area contributed by atoms with E-state index in [0.717, 1.165) is 5.56 Å². The van der Waals surface area contributed by atoms with Crippen molar-refractivity contribution in [3.05, 3.63) is 59.7 Å². The molecule has 0 aliphatic heterocycles. The smallest absolute Gasteiger partial charge is 0.254 e. The molecule has 114 valence electrons. The number of amides is 2. The molecule has 2 amide bonds. The number of halogens is 1. The third kappa shape index (κ3) is 4.12. The molecular weight excluding hydrogens is 285 g/mol. The highest BCUT2D eigenvalue weighted by atomic mass is 19.1. The Balaban J connectivity index is 1.81. The van der Waals surface area contributed by atoms with Gasteiger partial charge in [0.2, 0.25) is 5.91 Å². The van der Waals surface area contributed by atoms with Crippen molar-refractivity contribution in [1.82, 2.24) is 10.3 Å². The van der Waals surface area contributed by atoms with E-state index in [1.54, 1.807) is 24.5 Å². The lowest BCUT2D eigenvalue weighted by atomic mass is 10.2. The number of hydrogen-bond acceptors (Lipinski definition) is 3. The van der Waals surface area contributed by atoms with Crippen LogP contribution >= 0.6 is 0 Å². The third-order valence-electron chi connectivity index (χ3n) is 3.07. The topological polar surface area (TPSA) is 71.1 Å². The van der Waals surface area contributed by atoms with Gasteiger partial charge in [0.15, 0.2) is 0 Å². The molecule has 2 N–H and O–H groups in total. The van der Waals surface area contributed by atoms with Crippen molar-refractivity contribution < 1.29 is 14.0 Å². The van der Waals surface area contributed by atoms with Crippen molar-refractivity contribution in [2.75, 3.05) is 11.9 Å². The largest absolute Gasteiger partial charge is 0.351 e. The predicted molar refractivity (Wildman–Crippen MR) is 81.0 cm³/mol. The molecule has 0 bridgehead atoms. The zero-order chi connectivity index (χ0) is 15.9. The number of anilines is 1. The van der Waals surface area contributed by atoms with E-state index in [0.29, 0.717) is 5.69 Å². The second-order valence-corrected chi connectivity index (χ2v) is 4.72. The van der Waals surface area contributed by atoms with Crippen LogP contribution in [0.1, 0.15) is 22.3 Å². The van der Waals surface area contributed by atoms with Gasteiger partial charge in [0.1, 0.15) is 5.82 Å². The van der Waals surface area contributed by atoms with Crippen LogP contribution in [0.5, 0.6) is 0 Å². The standard InChI is InChI=1S/C16H16FN3O2/c1-11-6-8-18-10-14(11)20-15(21)7-9-19-16(22)12-4-2-3-5-13(12)17/h2-6,8,10H,7,9H2,1H3,(H,19,22)(H,20,21). The Hall–Kier alpha value is -2.76. The highest BCUT2D eigenvalue weighted by Crippen LogP contribution is 2.11. The van der Waals surface area contributed by atoms with Crippen LogP contribution in [0.2, 0.25) is 0 Å². The SMILES string of the molecule is Cc1ccncc1NC(=O)CCNC(=O)c1ccccc1F. The molecule has 2 aromatic rings. The summed E-state index contributed by atoms with van der Waals surface area (Å²) < 4.78 is 13.4. The molecule has 0 saturated heterocycles. The molecule has 0 unspecified atom stereocenters. The van der Waals surface area contributed by atoms with E-state index in [1.807, 2.05) is 6.92 Å². The van der Waals surface area contributed by atoms with Gasteiger partial charge < -0.3 is 10.6 Å². The van der Waals surface area contributed by atoms with E-state index in [4.69, 9.17) is 0 Å². The minimum absolute atomic E-state index is 0.0361. The summed E-state index contributed by atoms with van der Waals surface area (Å²) in [5.41, 5.74) is 1.50. The number of nitrogens with one attached hydrogen (secondary N) is 2. The summed E-state index contributed by atoms with van der Waals surface area (Å²) >= 11 is 0. The van der Waals surface area contributed by atoms with Gasteiger partial charge in [0.05, 0.1) is 17.4 Å². The van der Waals surface area contributed by atoms with Gasteiger partial charge in [-0.2, -0.15) is 0 Å². The van der Waals surface area contributed by atoms with Crippen LogP contribution < -0.4 is 10.6 Å². The van der Waals surface area contributed by atoms with E-state index < -0.39 is 11.7 Å². The van der Waals surface area contributed by atoms with Crippen LogP contribution in [0, 0.1) is 12.7 Å². The molecule has 0 aliphatic rings. The van der Waals surface area contributed by atoms with Crippen LogP contribution in [-0.4, -0.2) is 23.3 Å². The minimum atomic E-state index is -0.588. The maximum Gasteiger partial charge on any atom is 0.254 e. The fourth-order valence-electron chi connectivity index (χ4n) is 1.84. The molecule has 0 radical (unpaired) electrons. The summed E-state index contributed by atoms with van der Waals surface area (Å²) in [6.45, 7) is 1.98. The van der Waals surface area contributed by atoms with Crippen LogP contribution in [0.3, 0.4) is 0 Å². The van der Waals surface area contributed by atoms with Gasteiger partial charge >= 0.3 is 0 Å². The number of rotatable bonds is 5. The van der Waals surface area contributed by atoms with Crippen molar-refractivity contribution in [3.8, 4) is 0 Å². The number of benzene rings is 1. The van der Waals surface area contributed by atoms with Gasteiger partial charge in [-0.05, 0) is 30.7 Å². The van der Waals surface area contributed by atoms with E-state index >= 15 is 0 Å². The molecule has 0 atom stereocenters. The Morgan fingerprint density at radius 3 is 2.73 bits per heavy atom. The first-order chi connectivity index (χ1) is 10.6. The molecule has 0 fully saturated rings. The van der Waals surface area contributed by atoms with E-state index in [1.165, 1.54) is 18.2 Å². The summed E-state index contributed by atoms with van der Waals surface area (Å²) in [6.07, 6.45) is 3.29. The van der Waals surface area contributed by atoms with Gasteiger partial charge in [-0.25, -0.2) is 4.39 Å². The number of carbonyl (C=O) groups is 2. The number of pyridine rings is 1. The summed E-state index contributed by atoms with van der Waals surface area (Å²) in [7, 11) is 0. The number of aromatic nitrogens is 1. The van der Waals surface area contributed by atoms with Gasteiger partial charge in [-0.15, -0.1) is 0 Å². The molecule has 6 heteroatoms. The average Bonchev–Trinajstić information content (AvgIpc) is 2.50. The number of nitrogens with zero attached hydrogens (tertiary/aromatic N) is 1. The number of aryl methyl sites for hydroxylation is 1. The minimum Gasteiger partial charge on any atom is -0.351 e. The lowest BCUT2D eigenvalue weighted by Crippen LogP contribution is -2.28. The number of carbonyl (C=O) groups excluding carboxylic acids is 2. The second-order valence-electron chi connectivity index (χ2n) is 4.72. The van der Waals surface area contributed by atoms with E-state index in [2.05, 4.69) is 15.6 Å². The van der Waals surface area contributed by atoms with Crippen LogP contribution in [-0.2, 0) is 4.79 Å². The summed E-state index contributed by atoms with van der Waals surface area (Å²) in [4.78, 5) is 27.5. The Bertz CT molecular complexity index is 689. The molecule has 1 aromatic heterocycles. The lowest BCUT2D eigenvalue weighted by molar-refractivity contribution is -0.116. The molecule has 0 saturated carbocycles. The van der Waals surface area contributed by atoms with Gasteiger partial charge in [-0.1, -0.05) is 12.1 Å². The molecule has 1 aromatic carbocycles. The Labute approximate surface area is 127 Å². The van der Waals surface area contributed by atoms with E-state index in [-0.39, 0.29) is 24.4 Å². The normalized spacial score (nSPS) is 10.1. The quantitative estimate of drug-likeness (QED) is 0.890. The predicted octanol–water partition coefficient (Wildman–Crippen LogP) is 2.29. The highest BCUT2D eigenvalue weighted by molar-refractivity contribution is 5.95. The monoisotopic (exact) mass is 301 g/mol. The average molecular weight is 301 g/mol. The van der Waals surface area contributed by atoms with Crippen LogP contribution in [0.15, 0.2) is 42.7 Å². The first kappa shape index (κ1) is 15.6. The zero-order valence-electron chi connectivity index (χ0n) is 12.1. The zero-order valence-corrected chi connectivity index (χ0v) is 12.1. The summed E-state index contributed by atoms with van der Waals surface area (Å²) in [5.74, 6) is -1.37. The molecule has 22 heavy (non-hydrogen) atoms. The second kappa shape index (κ2) is 7.31. The van der Waals surface area contributed by atoms with Crippen molar-refractivity contribution in [1.29, 1.82) is 0 Å². The van der Waals surface area contributed by atoms with Crippen molar-refractivity contribution in [2.45, 2.75) is 13.3 Å². The molecule has 1 heterocycles. The Morgan fingerprint density at radius 1 is 1.23 bits per heavy atom. The third-order valence-corrected chi connectivity index (χ3v) is 3.07. The van der Waals surface area contributed by atoms with E-state index in [9.17, 15) is 14.0 Å². The van der Waals surface area contributed by atoms with Crippen molar-refractivity contribution >= 4 is 17.5 Å². The maximum atomic E-state index is 13.4. The van der Waals surface area contributed by atoms with Gasteiger partial charge in [0, 0.05) is 19.2 Å². The van der Waals surface area contributed by atoms with Gasteiger partial charge in [0.25, 0.3) is 5.91 Å². The van der Waals surface area contributed by atoms with Crippen LogP contribution in [0.4, 0.5) is 10.1 Å². The van der Waals surface area contributed by atoms with Crippen molar-refractivity contribution in [3.63, 3.8) is 0 Å². The van der Waals surface area contributed by atoms with Gasteiger partial charge in [-0.3, -0.25) is 14.6 Å². The lowest BCUT2D eigenvalue weighted by Gasteiger charge is -2.08. The fraction of sp³-hybridized carbons (Fsp3) is 0.188.